The first kappa shape index (κ1) is 19.6. The lowest BCUT2D eigenvalue weighted by Crippen LogP contribution is -2.34. The van der Waals surface area contributed by atoms with E-state index < -0.39 is 0 Å². The highest BCUT2D eigenvalue weighted by molar-refractivity contribution is 6.37. The molecule has 1 rings (SSSR count). The van der Waals surface area contributed by atoms with Gasteiger partial charge in [0, 0.05) is 11.1 Å². The Morgan fingerprint density at radius 2 is 2.09 bits per heavy atom. The minimum absolute atomic E-state index is 0.000961. The average molecular weight is 350 g/mol. The zero-order valence-electron chi connectivity index (χ0n) is 13.8. The van der Waals surface area contributed by atoms with E-state index in [1.165, 1.54) is 25.5 Å². The number of ether oxygens (including phenoxy) is 1. The van der Waals surface area contributed by atoms with Crippen molar-refractivity contribution >= 4 is 29.3 Å². The molecule has 128 valence electrons. The number of nitrogens with one attached hydrogen (secondary N) is 1. The van der Waals surface area contributed by atoms with E-state index in [4.69, 9.17) is 27.9 Å². The maximum Gasteiger partial charge on any atom is 0.407 e. The van der Waals surface area contributed by atoms with Crippen molar-refractivity contribution in [2.75, 3.05) is 7.11 Å². The number of hydrogen-bond acceptors (Lipinski definition) is 2. The van der Waals surface area contributed by atoms with Gasteiger partial charge < -0.3 is 10.1 Å². The van der Waals surface area contributed by atoms with E-state index in [9.17, 15) is 4.79 Å². The summed E-state index contributed by atoms with van der Waals surface area (Å²) in [5.41, 5.74) is 1.30. The quantitative estimate of drug-likeness (QED) is 0.425. The molecule has 1 N–H and O–H groups in total. The molecule has 0 aromatic rings. The molecule has 1 aliphatic carbocycles. The van der Waals surface area contributed by atoms with Crippen LogP contribution in [-0.4, -0.2) is 24.6 Å². The van der Waals surface area contributed by atoms with Crippen LogP contribution in [0.5, 0.6) is 0 Å². The van der Waals surface area contributed by atoms with Gasteiger partial charge in [-0.05, 0) is 44.9 Å². The minimum Gasteiger partial charge on any atom is -0.453 e. The first-order chi connectivity index (χ1) is 10.6. The molecular weight excluding hydrogens is 321 g/mol. The summed E-state index contributed by atoms with van der Waals surface area (Å²) in [7, 11) is 1.41. The third-order valence-corrected chi connectivity index (χ3v) is 5.32. The Kier molecular flexibility index (Phi) is 9.98. The van der Waals surface area contributed by atoms with Crippen LogP contribution in [0.1, 0.15) is 71.1 Å². The van der Waals surface area contributed by atoms with Crippen LogP contribution in [0.2, 0.25) is 0 Å². The predicted molar refractivity (Wildman–Crippen MR) is 93.7 cm³/mol. The minimum atomic E-state index is -0.336. The maximum atomic E-state index is 11.4. The Hall–Kier alpha value is -0.410. The normalized spacial score (nSPS) is 19.9. The molecule has 0 aromatic carbocycles. The Morgan fingerprint density at radius 1 is 1.36 bits per heavy atom. The van der Waals surface area contributed by atoms with E-state index in [1.54, 1.807) is 0 Å². The predicted octanol–water partition coefficient (Wildman–Crippen LogP) is 5.75. The maximum absolute atomic E-state index is 11.4. The van der Waals surface area contributed by atoms with Crippen LogP contribution in [0.3, 0.4) is 0 Å². The molecule has 22 heavy (non-hydrogen) atoms. The molecule has 1 amide bonds. The summed E-state index contributed by atoms with van der Waals surface area (Å²) in [4.78, 5) is 11.4. The summed E-state index contributed by atoms with van der Waals surface area (Å²) in [5, 5.41) is 3.80. The van der Waals surface area contributed by atoms with Gasteiger partial charge in [0.2, 0.25) is 0 Å². The van der Waals surface area contributed by atoms with Gasteiger partial charge in [0.1, 0.15) is 0 Å². The number of amides is 1. The molecular formula is C17H29Cl2NO2. The topological polar surface area (TPSA) is 38.3 Å². The lowest BCUT2D eigenvalue weighted by molar-refractivity contribution is 0.164. The Morgan fingerprint density at radius 3 is 2.77 bits per heavy atom. The smallest absolute Gasteiger partial charge is 0.407 e. The van der Waals surface area contributed by atoms with Crippen LogP contribution < -0.4 is 5.32 Å². The molecule has 1 aliphatic rings. The van der Waals surface area contributed by atoms with Crippen LogP contribution in [0, 0.1) is 0 Å². The number of carbonyl (C=O) groups is 1. The van der Waals surface area contributed by atoms with E-state index in [-0.39, 0.29) is 17.5 Å². The Labute approximate surface area is 144 Å². The number of allylic oxidation sites excluding steroid dienone is 2. The second-order valence-corrected chi connectivity index (χ2v) is 6.97. The van der Waals surface area contributed by atoms with Crippen molar-refractivity contribution in [1.29, 1.82) is 0 Å². The van der Waals surface area contributed by atoms with Crippen LogP contribution in [0.4, 0.5) is 4.79 Å². The van der Waals surface area contributed by atoms with Gasteiger partial charge in [-0.3, -0.25) is 0 Å². The largest absolute Gasteiger partial charge is 0.453 e. The summed E-state index contributed by atoms with van der Waals surface area (Å²) in [5.74, 6) is 0. The van der Waals surface area contributed by atoms with Gasteiger partial charge in [-0.25, -0.2) is 4.79 Å². The fraction of sp³-hybridized carbons (Fsp3) is 0.824. The lowest BCUT2D eigenvalue weighted by Gasteiger charge is -2.22. The number of unbranched alkanes of at least 4 members (excludes halogenated alkanes) is 2. The molecule has 0 saturated heterocycles. The highest BCUT2D eigenvalue weighted by Crippen LogP contribution is 2.34. The van der Waals surface area contributed by atoms with Gasteiger partial charge >= 0.3 is 6.09 Å². The van der Waals surface area contributed by atoms with Gasteiger partial charge in [0.25, 0.3) is 0 Å². The van der Waals surface area contributed by atoms with Crippen LogP contribution in [0.15, 0.2) is 10.6 Å². The summed E-state index contributed by atoms with van der Waals surface area (Å²) < 4.78 is 4.72. The SMILES string of the molecule is CCCCCC(CCCC1=C(Cl)C(Cl)CCC1)NC(=O)OC. The molecule has 2 atom stereocenters. The molecule has 0 aliphatic heterocycles. The Balaban J connectivity index is 2.41. The molecule has 0 aromatic heterocycles. The van der Waals surface area contributed by atoms with Gasteiger partial charge in [-0.2, -0.15) is 0 Å². The highest BCUT2D eigenvalue weighted by atomic mass is 35.5. The zero-order chi connectivity index (χ0) is 16.4. The number of hydrogen-bond donors (Lipinski definition) is 1. The Bertz CT molecular complexity index is 372. The van der Waals surface area contributed by atoms with Gasteiger partial charge in [-0.15, -0.1) is 11.6 Å². The van der Waals surface area contributed by atoms with Gasteiger partial charge in [0.05, 0.1) is 12.5 Å². The van der Waals surface area contributed by atoms with Gasteiger partial charge in [-0.1, -0.05) is 43.4 Å². The van der Waals surface area contributed by atoms with Crippen molar-refractivity contribution in [3.05, 3.63) is 10.6 Å². The van der Waals surface area contributed by atoms with Crippen molar-refractivity contribution in [2.24, 2.45) is 0 Å². The monoisotopic (exact) mass is 349 g/mol. The number of alkyl halides is 1. The van der Waals surface area contributed by atoms with E-state index in [1.807, 2.05) is 0 Å². The second kappa shape index (κ2) is 11.2. The zero-order valence-corrected chi connectivity index (χ0v) is 15.3. The summed E-state index contributed by atoms with van der Waals surface area (Å²) in [6.45, 7) is 2.18. The average Bonchev–Trinajstić information content (AvgIpc) is 2.51. The van der Waals surface area contributed by atoms with Crippen LogP contribution >= 0.6 is 23.2 Å². The summed E-state index contributed by atoms with van der Waals surface area (Å²) >= 11 is 12.5. The van der Waals surface area contributed by atoms with E-state index >= 15 is 0 Å². The third kappa shape index (κ3) is 7.23. The molecule has 2 unspecified atom stereocenters. The van der Waals surface area contributed by atoms with Crippen molar-refractivity contribution < 1.29 is 9.53 Å². The fourth-order valence-corrected chi connectivity index (χ4v) is 3.53. The second-order valence-electron chi connectivity index (χ2n) is 6.03. The molecule has 0 fully saturated rings. The molecule has 5 heteroatoms. The van der Waals surface area contributed by atoms with E-state index in [2.05, 4.69) is 12.2 Å². The molecule has 0 saturated carbocycles. The first-order valence-electron chi connectivity index (χ1n) is 8.44. The van der Waals surface area contributed by atoms with Crippen molar-refractivity contribution in [2.45, 2.75) is 82.6 Å². The third-order valence-electron chi connectivity index (χ3n) is 4.24. The molecule has 0 spiro atoms. The van der Waals surface area contributed by atoms with E-state index in [0.717, 1.165) is 56.4 Å². The molecule has 0 heterocycles. The van der Waals surface area contributed by atoms with Crippen molar-refractivity contribution in [3.63, 3.8) is 0 Å². The summed E-state index contributed by atoms with van der Waals surface area (Å²) in [6, 6.07) is 0.189. The standard InChI is InChI=1S/C17H29Cl2NO2/c1-3-4-5-10-14(20-17(21)22-2)11-6-8-13-9-7-12-15(18)16(13)19/h14-15H,3-12H2,1-2H3,(H,20,21). The van der Waals surface area contributed by atoms with Gasteiger partial charge in [0.15, 0.2) is 0 Å². The number of rotatable bonds is 9. The summed E-state index contributed by atoms with van der Waals surface area (Å²) in [6.07, 6.45) is 10.3. The number of halogens is 2. The van der Waals surface area contributed by atoms with Crippen LogP contribution in [0.25, 0.3) is 0 Å². The van der Waals surface area contributed by atoms with Crippen LogP contribution in [-0.2, 0) is 4.74 Å². The molecule has 0 bridgehead atoms. The van der Waals surface area contributed by atoms with Crippen molar-refractivity contribution in [1.82, 2.24) is 5.32 Å². The van der Waals surface area contributed by atoms with E-state index in [0.29, 0.717) is 0 Å². The lowest BCUT2D eigenvalue weighted by atomic mass is 9.93. The highest BCUT2D eigenvalue weighted by Gasteiger charge is 2.20. The fourth-order valence-electron chi connectivity index (χ4n) is 2.92. The number of methoxy groups -OCH3 is 1. The van der Waals surface area contributed by atoms with Crippen molar-refractivity contribution in [3.8, 4) is 0 Å². The molecule has 3 nitrogen and oxygen atoms in total. The number of alkyl carbamates (subject to hydrolysis) is 1. The first-order valence-corrected chi connectivity index (χ1v) is 9.25. The molecule has 0 radical (unpaired) electrons. The number of carbonyl (C=O) groups excluding carboxylic acids is 1.